The number of aryl methyl sites for hydroxylation is 2. The van der Waals surface area contributed by atoms with E-state index in [1.165, 1.54) is 11.1 Å². The number of anilines is 2. The summed E-state index contributed by atoms with van der Waals surface area (Å²) in [5.41, 5.74) is 9.20. The molecule has 0 fully saturated rings. The Balaban J connectivity index is 1.15. The van der Waals surface area contributed by atoms with Crippen molar-refractivity contribution >= 4 is 33.2 Å². The molecule has 0 spiro atoms. The van der Waals surface area contributed by atoms with Crippen molar-refractivity contribution in [1.29, 1.82) is 0 Å². The number of hydrogen-bond acceptors (Lipinski definition) is 4. The smallest absolute Gasteiger partial charge is 0.138 e. The lowest BCUT2D eigenvalue weighted by Crippen LogP contribution is -2.26. The van der Waals surface area contributed by atoms with Crippen molar-refractivity contribution in [1.82, 2.24) is 9.55 Å². The van der Waals surface area contributed by atoms with Crippen molar-refractivity contribution in [2.24, 2.45) is 0 Å². The van der Waals surface area contributed by atoms with Crippen molar-refractivity contribution in [3.05, 3.63) is 156 Å². The Morgan fingerprint density at radius 1 is 0.596 bits per heavy atom. The van der Waals surface area contributed by atoms with E-state index in [0.717, 1.165) is 49.9 Å². The fourth-order valence-electron chi connectivity index (χ4n) is 7.67. The summed E-state index contributed by atoms with van der Waals surface area (Å²) in [7, 11) is 0. The maximum Gasteiger partial charge on any atom is 0.138 e. The predicted octanol–water partition coefficient (Wildman–Crippen LogP) is 13.9. The Bertz CT molecular complexity index is 2870. The molecule has 290 valence electrons. The van der Waals surface area contributed by atoms with Crippen LogP contribution in [0.15, 0.2) is 128 Å². The average Bonchev–Trinajstić information content (AvgIpc) is 3.68. The van der Waals surface area contributed by atoms with E-state index in [1.807, 2.05) is 83.5 Å². The van der Waals surface area contributed by atoms with Crippen LogP contribution >= 0.6 is 0 Å². The highest BCUT2D eigenvalue weighted by Crippen LogP contribution is 2.39. The molecule has 2 aromatic heterocycles. The first kappa shape index (κ1) is 32.3. The van der Waals surface area contributed by atoms with E-state index in [2.05, 4.69) is 109 Å². The first-order valence-corrected chi connectivity index (χ1v) is 19.8. The standard InChI is InChI=1S/C52H56N4O/c1-34-25-37(50(3,4)5)26-35(2)49(34)36-21-22-53-48(27-36)56-46-18-13-12-17-44(46)45-20-19-43(32-47(45)56)57-42-16-14-15-40(31-42)54-23-24-55(33-54)41-29-38(51(6,7)8)28-39(30-41)52(9,10)11/h12-32H,33H2,1-11H3/i1D3,23D,24D. The molecule has 57 heavy (non-hydrogen) atoms. The molecule has 7 aromatic rings. The summed E-state index contributed by atoms with van der Waals surface area (Å²) in [5, 5.41) is 2.08. The summed E-state index contributed by atoms with van der Waals surface area (Å²) >= 11 is 0. The van der Waals surface area contributed by atoms with Crippen LogP contribution in [0.4, 0.5) is 11.4 Å². The van der Waals surface area contributed by atoms with Crippen LogP contribution < -0.4 is 14.5 Å². The minimum absolute atomic E-state index is 0.0851. The van der Waals surface area contributed by atoms with Gasteiger partial charge in [0.2, 0.25) is 0 Å². The van der Waals surface area contributed by atoms with Gasteiger partial charge in [-0.3, -0.25) is 4.57 Å². The van der Waals surface area contributed by atoms with Crippen LogP contribution in [-0.4, -0.2) is 16.2 Å². The van der Waals surface area contributed by atoms with Gasteiger partial charge in [0.1, 0.15) is 17.3 Å². The normalized spacial score (nSPS) is 15.5. The fourth-order valence-corrected chi connectivity index (χ4v) is 7.67. The highest BCUT2D eigenvalue weighted by Gasteiger charge is 2.24. The minimum Gasteiger partial charge on any atom is -0.457 e. The highest BCUT2D eigenvalue weighted by molar-refractivity contribution is 6.09. The van der Waals surface area contributed by atoms with Gasteiger partial charge in [-0.05, 0) is 124 Å². The summed E-state index contributed by atoms with van der Waals surface area (Å²) < 4.78 is 52.4. The number of nitrogens with zero attached hydrogens (tertiary/aromatic N) is 4. The van der Waals surface area contributed by atoms with E-state index in [1.54, 1.807) is 6.20 Å². The van der Waals surface area contributed by atoms with Crippen molar-refractivity contribution in [3.63, 3.8) is 0 Å². The van der Waals surface area contributed by atoms with Gasteiger partial charge in [0.05, 0.1) is 20.4 Å². The van der Waals surface area contributed by atoms with Gasteiger partial charge in [-0.2, -0.15) is 0 Å². The molecule has 3 heterocycles. The van der Waals surface area contributed by atoms with Gasteiger partial charge in [-0.1, -0.05) is 105 Å². The molecule has 5 heteroatoms. The zero-order valence-electron chi connectivity index (χ0n) is 39.9. The van der Waals surface area contributed by atoms with Gasteiger partial charge in [-0.15, -0.1) is 0 Å². The van der Waals surface area contributed by atoms with Crippen LogP contribution in [0, 0.1) is 13.8 Å². The van der Waals surface area contributed by atoms with Gasteiger partial charge in [0, 0.05) is 56.9 Å². The van der Waals surface area contributed by atoms with Crippen molar-refractivity contribution in [2.75, 3.05) is 16.5 Å². The summed E-state index contributed by atoms with van der Waals surface area (Å²) in [6.45, 7) is 19.5. The molecule has 0 N–H and O–H groups in total. The van der Waals surface area contributed by atoms with Gasteiger partial charge in [0.15, 0.2) is 0 Å². The number of pyridine rings is 1. The fraction of sp³-hybridized carbons (Fsp3) is 0.288. The van der Waals surface area contributed by atoms with E-state index >= 15 is 0 Å². The third kappa shape index (κ3) is 7.44. The second kappa shape index (κ2) is 14.0. The number of rotatable bonds is 6. The van der Waals surface area contributed by atoms with Crippen LogP contribution in [0.25, 0.3) is 38.8 Å². The van der Waals surface area contributed by atoms with E-state index < -0.39 is 6.85 Å². The molecule has 0 radical (unpaired) electrons. The molecule has 0 saturated carbocycles. The Hall–Kier alpha value is -5.81. The van der Waals surface area contributed by atoms with Crippen LogP contribution in [0.2, 0.25) is 0 Å². The minimum atomic E-state index is -2.31. The topological polar surface area (TPSA) is 33.5 Å². The first-order chi connectivity index (χ1) is 29.0. The SMILES string of the molecule is [2H]C1=C([2H])N(c2cc(C(C)(C)C)cc(C(C)(C)C)c2)CN1c1cccc(Oc2ccc3c4ccccc4n(-c4cc(-c5c(C)cc(C(C)(C)C)cc5C([2H])([2H])[2H])ccn4)c3c2)c1. The van der Waals surface area contributed by atoms with Crippen molar-refractivity contribution in [2.45, 2.75) is 92.3 Å². The predicted molar refractivity (Wildman–Crippen MR) is 242 cm³/mol. The van der Waals surface area contributed by atoms with Crippen molar-refractivity contribution < 1.29 is 11.6 Å². The van der Waals surface area contributed by atoms with E-state index in [-0.39, 0.29) is 28.6 Å². The molecule has 5 nitrogen and oxygen atoms in total. The maximum atomic E-state index is 9.07. The molecule has 1 aliphatic heterocycles. The van der Waals surface area contributed by atoms with Crippen LogP contribution in [0.3, 0.4) is 0 Å². The number of hydrogen-bond donors (Lipinski definition) is 0. The summed E-state index contributed by atoms with van der Waals surface area (Å²) in [5.74, 6) is 1.87. The lowest BCUT2D eigenvalue weighted by atomic mass is 9.80. The molecular formula is C52H56N4O. The number of para-hydroxylation sites is 1. The Kier molecular flexibility index (Phi) is 7.92. The van der Waals surface area contributed by atoms with Crippen LogP contribution in [-0.2, 0) is 16.2 Å². The van der Waals surface area contributed by atoms with Crippen molar-refractivity contribution in [3.8, 4) is 28.4 Å². The average molecular weight is 758 g/mol. The molecule has 5 aromatic carbocycles. The summed E-state index contributed by atoms with van der Waals surface area (Å²) in [6.07, 6.45) is 2.01. The summed E-state index contributed by atoms with van der Waals surface area (Å²) in [6, 6.07) is 36.3. The molecule has 0 unspecified atom stereocenters. The Morgan fingerprint density at radius 3 is 1.93 bits per heavy atom. The van der Waals surface area contributed by atoms with Crippen LogP contribution in [0.1, 0.15) is 97.0 Å². The third-order valence-corrected chi connectivity index (χ3v) is 11.0. The number of benzene rings is 5. The van der Waals surface area contributed by atoms with Gasteiger partial charge >= 0.3 is 0 Å². The van der Waals surface area contributed by atoms with E-state index in [0.29, 0.717) is 35.1 Å². The summed E-state index contributed by atoms with van der Waals surface area (Å²) in [4.78, 5) is 8.61. The lowest BCUT2D eigenvalue weighted by Gasteiger charge is -2.29. The quantitative estimate of drug-likeness (QED) is 0.169. The Labute approximate surface area is 346 Å². The molecule has 0 atom stereocenters. The highest BCUT2D eigenvalue weighted by atomic mass is 16.5. The monoisotopic (exact) mass is 757 g/mol. The van der Waals surface area contributed by atoms with Gasteiger partial charge in [-0.25, -0.2) is 4.98 Å². The lowest BCUT2D eigenvalue weighted by molar-refractivity contribution is 0.483. The molecule has 8 rings (SSSR count). The zero-order valence-corrected chi connectivity index (χ0v) is 34.9. The molecular weight excluding hydrogens is 697 g/mol. The molecule has 1 aliphatic rings. The molecule has 0 bridgehead atoms. The maximum absolute atomic E-state index is 9.07. The largest absolute Gasteiger partial charge is 0.457 e. The Morgan fingerprint density at radius 2 is 1.23 bits per heavy atom. The van der Waals surface area contributed by atoms with Crippen LogP contribution in [0.5, 0.6) is 11.5 Å². The third-order valence-electron chi connectivity index (χ3n) is 11.0. The van der Waals surface area contributed by atoms with Gasteiger partial charge < -0.3 is 14.5 Å². The van der Waals surface area contributed by atoms with Gasteiger partial charge in [0.25, 0.3) is 0 Å². The molecule has 0 amide bonds. The molecule has 0 aliphatic carbocycles. The second-order valence-corrected chi connectivity index (χ2v) is 18.5. The zero-order chi connectivity index (χ0) is 44.7. The molecule has 0 saturated heterocycles. The van der Waals surface area contributed by atoms with E-state index in [9.17, 15) is 0 Å². The second-order valence-electron chi connectivity index (χ2n) is 18.5. The number of aromatic nitrogens is 2. The number of fused-ring (bicyclic) bond motifs is 3. The first-order valence-electron chi connectivity index (χ1n) is 22.3. The number of ether oxygens (including phenoxy) is 1. The van der Waals surface area contributed by atoms with E-state index in [4.69, 9.17) is 16.6 Å².